The molecule has 0 aromatic heterocycles. The van der Waals surface area contributed by atoms with E-state index in [0.717, 1.165) is 18.4 Å². The van der Waals surface area contributed by atoms with Gasteiger partial charge in [-0.05, 0) is 37.1 Å². The molecule has 1 unspecified atom stereocenters. The molecule has 0 radical (unpaired) electrons. The van der Waals surface area contributed by atoms with Crippen LogP contribution in [0.15, 0.2) is 18.2 Å². The van der Waals surface area contributed by atoms with Crippen molar-refractivity contribution in [3.63, 3.8) is 0 Å². The van der Waals surface area contributed by atoms with Crippen molar-refractivity contribution in [2.45, 2.75) is 32.7 Å². The standard InChI is InChI=1S/C13H19ClN2O/c1-3-4-11(8-15)16-13(17)10-5-6-12(14)9(2)7-10/h5-7,11H,3-4,8,15H2,1-2H3,(H,16,17). The lowest BCUT2D eigenvalue weighted by Gasteiger charge is -2.16. The highest BCUT2D eigenvalue weighted by Gasteiger charge is 2.12. The van der Waals surface area contributed by atoms with Crippen LogP contribution >= 0.6 is 11.6 Å². The van der Waals surface area contributed by atoms with Crippen molar-refractivity contribution < 1.29 is 4.79 Å². The van der Waals surface area contributed by atoms with E-state index in [4.69, 9.17) is 17.3 Å². The van der Waals surface area contributed by atoms with Crippen LogP contribution in [0.25, 0.3) is 0 Å². The molecule has 94 valence electrons. The highest BCUT2D eigenvalue weighted by atomic mass is 35.5. The zero-order valence-electron chi connectivity index (χ0n) is 10.3. The van der Waals surface area contributed by atoms with Gasteiger partial charge in [-0.1, -0.05) is 24.9 Å². The summed E-state index contributed by atoms with van der Waals surface area (Å²) in [6, 6.07) is 5.30. The number of nitrogens with one attached hydrogen (secondary N) is 1. The van der Waals surface area contributed by atoms with Gasteiger partial charge in [-0.3, -0.25) is 4.79 Å². The van der Waals surface area contributed by atoms with E-state index >= 15 is 0 Å². The lowest BCUT2D eigenvalue weighted by Crippen LogP contribution is -2.40. The van der Waals surface area contributed by atoms with E-state index in [-0.39, 0.29) is 11.9 Å². The van der Waals surface area contributed by atoms with Crippen molar-refractivity contribution in [1.29, 1.82) is 0 Å². The van der Waals surface area contributed by atoms with Crippen LogP contribution in [-0.2, 0) is 0 Å². The maximum atomic E-state index is 11.9. The summed E-state index contributed by atoms with van der Waals surface area (Å²) in [6.45, 7) is 4.42. The summed E-state index contributed by atoms with van der Waals surface area (Å²) < 4.78 is 0. The SMILES string of the molecule is CCCC(CN)NC(=O)c1ccc(Cl)c(C)c1. The number of carbonyl (C=O) groups excluding carboxylic acids is 1. The van der Waals surface area contributed by atoms with Crippen molar-refractivity contribution in [1.82, 2.24) is 5.32 Å². The Morgan fingerprint density at radius 2 is 2.24 bits per heavy atom. The van der Waals surface area contributed by atoms with Crippen LogP contribution < -0.4 is 11.1 Å². The number of rotatable bonds is 5. The molecule has 17 heavy (non-hydrogen) atoms. The number of hydrogen-bond acceptors (Lipinski definition) is 2. The molecule has 1 atom stereocenters. The first-order chi connectivity index (χ1) is 8.08. The summed E-state index contributed by atoms with van der Waals surface area (Å²) in [5.41, 5.74) is 7.13. The van der Waals surface area contributed by atoms with Crippen LogP contribution in [0, 0.1) is 6.92 Å². The average Bonchev–Trinajstić information content (AvgIpc) is 2.31. The molecule has 0 heterocycles. The first kappa shape index (κ1) is 14.0. The van der Waals surface area contributed by atoms with Gasteiger partial charge in [-0.25, -0.2) is 0 Å². The highest BCUT2D eigenvalue weighted by Crippen LogP contribution is 2.16. The van der Waals surface area contributed by atoms with Crippen LogP contribution in [0.1, 0.15) is 35.7 Å². The normalized spacial score (nSPS) is 12.2. The molecule has 1 aromatic carbocycles. The smallest absolute Gasteiger partial charge is 0.251 e. The molecule has 1 aromatic rings. The lowest BCUT2D eigenvalue weighted by atomic mass is 10.1. The third-order valence-electron chi connectivity index (χ3n) is 2.68. The first-order valence-electron chi connectivity index (χ1n) is 5.85. The Balaban J connectivity index is 2.72. The fraction of sp³-hybridized carbons (Fsp3) is 0.462. The quantitative estimate of drug-likeness (QED) is 0.848. The number of benzene rings is 1. The van der Waals surface area contributed by atoms with E-state index in [1.807, 2.05) is 6.92 Å². The van der Waals surface area contributed by atoms with Crippen molar-refractivity contribution in [2.75, 3.05) is 6.54 Å². The molecule has 0 fully saturated rings. The minimum Gasteiger partial charge on any atom is -0.348 e. The monoisotopic (exact) mass is 254 g/mol. The molecule has 0 saturated heterocycles. The second kappa shape index (κ2) is 6.62. The predicted molar refractivity (Wildman–Crippen MR) is 71.4 cm³/mol. The molecule has 0 saturated carbocycles. The minimum absolute atomic E-state index is 0.0449. The summed E-state index contributed by atoms with van der Waals surface area (Å²) in [5.74, 6) is -0.0892. The van der Waals surface area contributed by atoms with Gasteiger partial charge < -0.3 is 11.1 Å². The topological polar surface area (TPSA) is 55.1 Å². The van der Waals surface area contributed by atoms with Crippen molar-refractivity contribution in [3.8, 4) is 0 Å². The van der Waals surface area contributed by atoms with Gasteiger partial charge in [0.2, 0.25) is 0 Å². The zero-order chi connectivity index (χ0) is 12.8. The van der Waals surface area contributed by atoms with Crippen LogP contribution in [0.3, 0.4) is 0 Å². The van der Waals surface area contributed by atoms with E-state index in [1.165, 1.54) is 0 Å². The predicted octanol–water partition coefficient (Wildman–Crippen LogP) is 2.51. The van der Waals surface area contributed by atoms with Crippen LogP contribution in [0.2, 0.25) is 5.02 Å². The second-order valence-electron chi connectivity index (χ2n) is 4.16. The Kier molecular flexibility index (Phi) is 5.45. The number of nitrogens with two attached hydrogens (primary N) is 1. The van der Waals surface area contributed by atoms with Crippen LogP contribution in [0.4, 0.5) is 0 Å². The molecule has 3 N–H and O–H groups in total. The fourth-order valence-corrected chi connectivity index (χ4v) is 1.77. The van der Waals surface area contributed by atoms with Crippen molar-refractivity contribution in [3.05, 3.63) is 34.3 Å². The van der Waals surface area contributed by atoms with Crippen molar-refractivity contribution >= 4 is 17.5 Å². The Labute approximate surface area is 107 Å². The Morgan fingerprint density at radius 1 is 1.53 bits per heavy atom. The number of amides is 1. The van der Waals surface area contributed by atoms with E-state index in [2.05, 4.69) is 12.2 Å². The zero-order valence-corrected chi connectivity index (χ0v) is 11.1. The van der Waals surface area contributed by atoms with Gasteiger partial charge in [0.25, 0.3) is 5.91 Å². The van der Waals surface area contributed by atoms with E-state index in [0.29, 0.717) is 17.1 Å². The summed E-state index contributed by atoms with van der Waals surface area (Å²) in [6.07, 6.45) is 1.90. The molecule has 0 bridgehead atoms. The van der Waals surface area contributed by atoms with Crippen molar-refractivity contribution in [2.24, 2.45) is 5.73 Å². The van der Waals surface area contributed by atoms with Gasteiger partial charge in [0, 0.05) is 23.2 Å². The van der Waals surface area contributed by atoms with Gasteiger partial charge in [0.15, 0.2) is 0 Å². The number of halogens is 1. The van der Waals surface area contributed by atoms with Gasteiger partial charge in [-0.2, -0.15) is 0 Å². The summed E-state index contributed by atoms with van der Waals surface area (Å²) in [4.78, 5) is 11.9. The van der Waals surface area contributed by atoms with Crippen LogP contribution in [-0.4, -0.2) is 18.5 Å². The molecule has 0 spiro atoms. The van der Waals surface area contributed by atoms with Crippen LogP contribution in [0.5, 0.6) is 0 Å². The molecule has 0 aliphatic carbocycles. The molecular formula is C13H19ClN2O. The summed E-state index contributed by atoms with van der Waals surface area (Å²) in [5, 5.41) is 3.60. The molecule has 3 nitrogen and oxygen atoms in total. The van der Waals surface area contributed by atoms with Gasteiger partial charge in [0.05, 0.1) is 0 Å². The maximum absolute atomic E-state index is 11.9. The van der Waals surface area contributed by atoms with E-state index < -0.39 is 0 Å². The number of hydrogen-bond donors (Lipinski definition) is 2. The van der Waals surface area contributed by atoms with E-state index in [1.54, 1.807) is 18.2 Å². The molecule has 1 amide bonds. The minimum atomic E-state index is -0.0892. The molecule has 1 rings (SSSR count). The Morgan fingerprint density at radius 3 is 2.76 bits per heavy atom. The second-order valence-corrected chi connectivity index (χ2v) is 4.57. The average molecular weight is 255 g/mol. The first-order valence-corrected chi connectivity index (χ1v) is 6.23. The summed E-state index contributed by atoms with van der Waals surface area (Å²) >= 11 is 5.92. The molecule has 0 aliphatic heterocycles. The molecule has 4 heteroatoms. The number of carbonyl (C=O) groups is 1. The number of aryl methyl sites for hydroxylation is 1. The lowest BCUT2D eigenvalue weighted by molar-refractivity contribution is 0.0936. The highest BCUT2D eigenvalue weighted by molar-refractivity contribution is 6.31. The molecular weight excluding hydrogens is 236 g/mol. The van der Waals surface area contributed by atoms with Gasteiger partial charge in [-0.15, -0.1) is 0 Å². The van der Waals surface area contributed by atoms with E-state index in [9.17, 15) is 4.79 Å². The Hall–Kier alpha value is -1.06. The third-order valence-corrected chi connectivity index (χ3v) is 3.10. The van der Waals surface area contributed by atoms with Gasteiger partial charge >= 0.3 is 0 Å². The maximum Gasteiger partial charge on any atom is 0.251 e. The Bertz CT molecular complexity index is 393. The third kappa shape index (κ3) is 4.02. The fourth-order valence-electron chi connectivity index (χ4n) is 1.65. The summed E-state index contributed by atoms with van der Waals surface area (Å²) in [7, 11) is 0. The largest absolute Gasteiger partial charge is 0.348 e. The molecule has 0 aliphatic rings. The van der Waals surface area contributed by atoms with Gasteiger partial charge in [0.1, 0.15) is 0 Å².